The van der Waals surface area contributed by atoms with Gasteiger partial charge >= 0.3 is 0 Å². The number of nitro groups is 1. The van der Waals surface area contributed by atoms with Crippen LogP contribution in [0.25, 0.3) is 0 Å². The minimum atomic E-state index is -1.25. The van der Waals surface area contributed by atoms with Gasteiger partial charge in [0.05, 0.1) is 10.6 Å². The van der Waals surface area contributed by atoms with Crippen molar-refractivity contribution in [3.05, 3.63) is 64.2 Å². The van der Waals surface area contributed by atoms with Crippen LogP contribution in [0.1, 0.15) is 10.4 Å². The van der Waals surface area contributed by atoms with Crippen LogP contribution in [0.4, 0.5) is 11.4 Å². The summed E-state index contributed by atoms with van der Waals surface area (Å²) < 4.78 is 0. The van der Waals surface area contributed by atoms with Crippen LogP contribution in [0.2, 0.25) is 0 Å². The Morgan fingerprint density at radius 3 is 2.32 bits per heavy atom. The smallest absolute Gasteiger partial charge is 0.278 e. The Balaban J connectivity index is 1.62. The van der Waals surface area contributed by atoms with Gasteiger partial charge in [0.25, 0.3) is 11.6 Å². The predicted octanol–water partition coefficient (Wildman–Crippen LogP) is 1.43. The average molecular weight is 381 g/mol. The number of phenols is 1. The lowest BCUT2D eigenvalue weighted by Gasteiger charge is -2.15. The molecule has 1 saturated heterocycles. The molecule has 2 aliphatic heterocycles. The molecule has 10 nitrogen and oxygen atoms in total. The summed E-state index contributed by atoms with van der Waals surface area (Å²) in [4.78, 5) is 54.2. The first-order chi connectivity index (χ1) is 13.4. The van der Waals surface area contributed by atoms with E-state index in [0.29, 0.717) is 0 Å². The number of benzene rings is 2. The van der Waals surface area contributed by atoms with Gasteiger partial charge in [-0.15, -0.1) is 0 Å². The summed E-state index contributed by atoms with van der Waals surface area (Å²) in [7, 11) is 0. The molecule has 0 saturated carbocycles. The summed E-state index contributed by atoms with van der Waals surface area (Å²) in [5.41, 5.74) is -0.118. The van der Waals surface area contributed by atoms with Gasteiger partial charge in [0, 0.05) is 17.7 Å². The van der Waals surface area contributed by atoms with Crippen molar-refractivity contribution in [3.63, 3.8) is 0 Å². The number of ketones is 1. The molecule has 2 amide bonds. The van der Waals surface area contributed by atoms with Crippen LogP contribution >= 0.6 is 0 Å². The molecular formula is C18H11N3O7. The number of nitrogens with zero attached hydrogens (tertiary/aromatic N) is 3. The van der Waals surface area contributed by atoms with Crippen molar-refractivity contribution >= 4 is 34.7 Å². The maximum atomic E-state index is 12.8. The standard InChI is InChI=1S/C18H11N3O7/c22-12-7-5-10(6-8-12)20-17(24)13-14(19-28-16(13)18(20)25)15(23)9-1-3-11(4-2-9)21(26)27/h1-8,13,16,22H/t13-,16-/m0/s1. The number of rotatable bonds is 4. The molecule has 2 aromatic rings. The minimum absolute atomic E-state index is 0.0325. The number of hydrogen-bond donors (Lipinski definition) is 1. The second kappa shape index (κ2) is 6.27. The maximum absolute atomic E-state index is 12.8. The third kappa shape index (κ3) is 2.58. The molecule has 0 aromatic heterocycles. The zero-order valence-corrected chi connectivity index (χ0v) is 14.0. The topological polar surface area (TPSA) is 139 Å². The molecule has 0 spiro atoms. The van der Waals surface area contributed by atoms with Crippen molar-refractivity contribution in [1.82, 2.24) is 0 Å². The Kier molecular flexibility index (Phi) is 3.88. The van der Waals surface area contributed by atoms with E-state index in [4.69, 9.17) is 4.84 Å². The average Bonchev–Trinajstić information content (AvgIpc) is 3.23. The summed E-state index contributed by atoms with van der Waals surface area (Å²) in [6.45, 7) is 0. The van der Waals surface area contributed by atoms with Gasteiger partial charge in [-0.3, -0.25) is 24.5 Å². The van der Waals surface area contributed by atoms with E-state index in [9.17, 15) is 29.6 Å². The number of carbonyl (C=O) groups is 3. The molecule has 0 unspecified atom stereocenters. The van der Waals surface area contributed by atoms with Crippen molar-refractivity contribution in [3.8, 4) is 5.75 Å². The van der Waals surface area contributed by atoms with Crippen molar-refractivity contribution in [2.24, 2.45) is 11.1 Å². The number of imide groups is 1. The number of amides is 2. The van der Waals surface area contributed by atoms with Crippen LogP contribution in [0.3, 0.4) is 0 Å². The molecular weight excluding hydrogens is 370 g/mol. The molecule has 140 valence electrons. The number of Topliss-reactive ketones (excluding diaryl/α,β-unsaturated/α-hetero) is 1. The van der Waals surface area contributed by atoms with Crippen LogP contribution < -0.4 is 4.90 Å². The van der Waals surface area contributed by atoms with Crippen LogP contribution in [0.5, 0.6) is 5.75 Å². The van der Waals surface area contributed by atoms with Crippen LogP contribution in [0, 0.1) is 16.0 Å². The maximum Gasteiger partial charge on any atom is 0.278 e. The van der Waals surface area contributed by atoms with E-state index in [2.05, 4.69) is 5.16 Å². The van der Waals surface area contributed by atoms with Gasteiger partial charge in [0.2, 0.25) is 17.8 Å². The molecule has 0 aliphatic carbocycles. The molecule has 1 fully saturated rings. The molecule has 0 bridgehead atoms. The normalized spacial score (nSPS) is 20.6. The van der Waals surface area contributed by atoms with Gasteiger partial charge in [-0.05, 0) is 36.4 Å². The van der Waals surface area contributed by atoms with Gasteiger partial charge in [-0.2, -0.15) is 0 Å². The Bertz CT molecular complexity index is 1040. The summed E-state index contributed by atoms with van der Waals surface area (Å²) >= 11 is 0. The van der Waals surface area contributed by atoms with Crippen LogP contribution in [-0.2, 0) is 14.4 Å². The lowest BCUT2D eigenvalue weighted by molar-refractivity contribution is -0.384. The monoisotopic (exact) mass is 381 g/mol. The summed E-state index contributed by atoms with van der Waals surface area (Å²) in [5.74, 6) is -3.24. The van der Waals surface area contributed by atoms with E-state index in [1.165, 1.54) is 36.4 Å². The highest BCUT2D eigenvalue weighted by molar-refractivity contribution is 6.52. The first-order valence-corrected chi connectivity index (χ1v) is 8.08. The first kappa shape index (κ1) is 17.3. The minimum Gasteiger partial charge on any atom is -0.508 e. The van der Waals surface area contributed by atoms with Gasteiger partial charge < -0.3 is 9.94 Å². The molecule has 10 heteroatoms. The zero-order valence-electron chi connectivity index (χ0n) is 14.0. The van der Waals surface area contributed by atoms with Gasteiger partial charge in [0.1, 0.15) is 17.4 Å². The van der Waals surface area contributed by atoms with Crippen LogP contribution in [-0.4, -0.2) is 39.4 Å². The number of anilines is 1. The highest BCUT2D eigenvalue weighted by Gasteiger charge is 2.57. The Morgan fingerprint density at radius 1 is 1.07 bits per heavy atom. The molecule has 1 N–H and O–H groups in total. The predicted molar refractivity (Wildman–Crippen MR) is 93.8 cm³/mol. The fraction of sp³-hybridized carbons (Fsp3) is 0.111. The van der Waals surface area contributed by atoms with Crippen molar-refractivity contribution in [2.45, 2.75) is 6.10 Å². The SMILES string of the molecule is O=C(C1=NO[C@@H]2C(=O)N(c3ccc(O)cc3)C(=O)[C@@H]12)c1ccc([N+](=O)[O-])cc1. The van der Waals surface area contributed by atoms with Crippen LogP contribution in [0.15, 0.2) is 53.7 Å². The van der Waals surface area contributed by atoms with E-state index < -0.39 is 34.5 Å². The summed E-state index contributed by atoms with van der Waals surface area (Å²) in [6, 6.07) is 10.2. The molecule has 2 aliphatic rings. The van der Waals surface area contributed by atoms with Gasteiger partial charge in [-0.25, -0.2) is 4.90 Å². The Labute approximate surface area is 156 Å². The molecule has 4 rings (SSSR count). The number of oxime groups is 1. The van der Waals surface area contributed by atoms with Crippen molar-refractivity contribution < 1.29 is 29.3 Å². The largest absolute Gasteiger partial charge is 0.508 e. The fourth-order valence-corrected chi connectivity index (χ4v) is 3.10. The first-order valence-electron chi connectivity index (χ1n) is 8.08. The second-order valence-electron chi connectivity index (χ2n) is 6.14. The van der Waals surface area contributed by atoms with E-state index >= 15 is 0 Å². The zero-order chi connectivity index (χ0) is 20.0. The lowest BCUT2D eigenvalue weighted by atomic mass is 9.93. The van der Waals surface area contributed by atoms with E-state index in [1.54, 1.807) is 0 Å². The highest BCUT2D eigenvalue weighted by atomic mass is 16.7. The highest BCUT2D eigenvalue weighted by Crippen LogP contribution is 2.34. The second-order valence-corrected chi connectivity index (χ2v) is 6.14. The number of aromatic hydroxyl groups is 1. The third-order valence-corrected chi connectivity index (χ3v) is 4.49. The van der Waals surface area contributed by atoms with E-state index in [0.717, 1.165) is 17.0 Å². The molecule has 28 heavy (non-hydrogen) atoms. The molecule has 2 aromatic carbocycles. The Morgan fingerprint density at radius 2 is 1.71 bits per heavy atom. The quantitative estimate of drug-likeness (QED) is 0.366. The molecule has 0 radical (unpaired) electrons. The fourth-order valence-electron chi connectivity index (χ4n) is 3.10. The van der Waals surface area contributed by atoms with Gasteiger partial charge in [-0.1, -0.05) is 5.16 Å². The van der Waals surface area contributed by atoms with E-state index in [-0.39, 0.29) is 28.4 Å². The summed E-state index contributed by atoms with van der Waals surface area (Å²) in [6.07, 6.45) is -1.25. The third-order valence-electron chi connectivity index (χ3n) is 4.49. The number of phenolic OH excluding ortho intramolecular Hbond substituents is 1. The van der Waals surface area contributed by atoms with E-state index in [1.807, 2.05) is 0 Å². The molecule has 2 heterocycles. The number of non-ortho nitro benzene ring substituents is 1. The number of nitro benzene ring substituents is 1. The lowest BCUT2D eigenvalue weighted by Crippen LogP contribution is -2.34. The number of hydrogen-bond acceptors (Lipinski definition) is 8. The van der Waals surface area contributed by atoms with Crippen molar-refractivity contribution in [2.75, 3.05) is 4.90 Å². The van der Waals surface area contributed by atoms with Gasteiger partial charge in [0.15, 0.2) is 0 Å². The number of carbonyl (C=O) groups excluding carboxylic acids is 3. The Hall–Kier alpha value is -4.08. The summed E-state index contributed by atoms with van der Waals surface area (Å²) in [5, 5.41) is 23.7. The molecule has 2 atom stereocenters. The number of fused-ring (bicyclic) bond motifs is 1. The van der Waals surface area contributed by atoms with Crippen molar-refractivity contribution in [1.29, 1.82) is 0 Å².